The standard InChI is InChI=1S/C16H24OS/c1-12(2)15-6-5-14(9-13(15)3)17-10-16(11-18)7-4-8-16/h5-6,9,12,18H,4,7-8,10-11H2,1-3H3. The van der Waals surface area contributed by atoms with Gasteiger partial charge in [0, 0.05) is 5.41 Å². The highest BCUT2D eigenvalue weighted by Crippen LogP contribution is 2.42. The Kier molecular flexibility index (Phi) is 4.26. The van der Waals surface area contributed by atoms with Crippen LogP contribution in [0.3, 0.4) is 0 Å². The monoisotopic (exact) mass is 264 g/mol. The number of ether oxygens (including phenoxy) is 1. The van der Waals surface area contributed by atoms with E-state index in [2.05, 4.69) is 51.6 Å². The van der Waals surface area contributed by atoms with Crippen molar-refractivity contribution in [3.63, 3.8) is 0 Å². The van der Waals surface area contributed by atoms with E-state index in [4.69, 9.17) is 4.74 Å². The molecule has 1 aliphatic rings. The van der Waals surface area contributed by atoms with Gasteiger partial charge in [0.2, 0.25) is 0 Å². The van der Waals surface area contributed by atoms with Gasteiger partial charge < -0.3 is 4.74 Å². The molecule has 0 aromatic heterocycles. The molecule has 0 amide bonds. The van der Waals surface area contributed by atoms with Gasteiger partial charge in [-0.25, -0.2) is 0 Å². The lowest BCUT2D eigenvalue weighted by Gasteiger charge is -2.40. The Morgan fingerprint density at radius 2 is 2.06 bits per heavy atom. The summed E-state index contributed by atoms with van der Waals surface area (Å²) in [6, 6.07) is 6.47. The van der Waals surface area contributed by atoms with Crippen LogP contribution in [-0.4, -0.2) is 12.4 Å². The van der Waals surface area contributed by atoms with E-state index >= 15 is 0 Å². The van der Waals surface area contributed by atoms with Crippen molar-refractivity contribution in [2.45, 2.75) is 46.0 Å². The molecule has 0 spiro atoms. The second kappa shape index (κ2) is 5.56. The van der Waals surface area contributed by atoms with E-state index in [0.717, 1.165) is 18.1 Å². The number of benzene rings is 1. The number of hydrogen-bond acceptors (Lipinski definition) is 2. The molecule has 0 aliphatic heterocycles. The fourth-order valence-corrected chi connectivity index (χ4v) is 3.05. The van der Waals surface area contributed by atoms with Crippen molar-refractivity contribution in [2.75, 3.05) is 12.4 Å². The Bertz CT molecular complexity index is 402. The van der Waals surface area contributed by atoms with Gasteiger partial charge in [-0.1, -0.05) is 26.3 Å². The minimum atomic E-state index is 0.341. The van der Waals surface area contributed by atoms with Crippen LogP contribution in [0.2, 0.25) is 0 Å². The molecule has 0 N–H and O–H groups in total. The lowest BCUT2D eigenvalue weighted by Crippen LogP contribution is -2.37. The molecule has 0 radical (unpaired) electrons. The van der Waals surface area contributed by atoms with Gasteiger partial charge in [-0.2, -0.15) is 12.6 Å². The van der Waals surface area contributed by atoms with Crippen molar-refractivity contribution in [2.24, 2.45) is 5.41 Å². The van der Waals surface area contributed by atoms with Crippen LogP contribution in [0.1, 0.15) is 50.2 Å². The first-order chi connectivity index (χ1) is 8.56. The Morgan fingerprint density at radius 1 is 1.33 bits per heavy atom. The molecule has 1 aromatic rings. The van der Waals surface area contributed by atoms with Crippen LogP contribution in [0.4, 0.5) is 0 Å². The van der Waals surface area contributed by atoms with E-state index in [0.29, 0.717) is 11.3 Å². The number of aryl methyl sites for hydroxylation is 1. The van der Waals surface area contributed by atoms with Crippen molar-refractivity contribution < 1.29 is 4.74 Å². The fraction of sp³-hybridized carbons (Fsp3) is 0.625. The Morgan fingerprint density at radius 3 is 2.50 bits per heavy atom. The molecule has 0 atom stereocenters. The summed E-state index contributed by atoms with van der Waals surface area (Å²) < 4.78 is 5.97. The maximum Gasteiger partial charge on any atom is 0.119 e. The average Bonchev–Trinajstić information content (AvgIpc) is 2.27. The van der Waals surface area contributed by atoms with Crippen molar-refractivity contribution >= 4 is 12.6 Å². The van der Waals surface area contributed by atoms with Crippen LogP contribution < -0.4 is 4.74 Å². The highest BCUT2D eigenvalue weighted by molar-refractivity contribution is 7.80. The van der Waals surface area contributed by atoms with Gasteiger partial charge in [0.05, 0.1) is 6.61 Å². The minimum absolute atomic E-state index is 0.341. The summed E-state index contributed by atoms with van der Waals surface area (Å²) in [7, 11) is 0. The molecule has 1 aromatic carbocycles. The maximum atomic E-state index is 5.97. The van der Waals surface area contributed by atoms with E-state index in [-0.39, 0.29) is 0 Å². The Hall–Kier alpha value is -0.630. The summed E-state index contributed by atoms with van der Waals surface area (Å²) in [4.78, 5) is 0. The first kappa shape index (κ1) is 13.8. The van der Waals surface area contributed by atoms with Crippen LogP contribution in [0.15, 0.2) is 18.2 Å². The van der Waals surface area contributed by atoms with E-state index in [1.807, 2.05) is 0 Å². The molecule has 0 saturated heterocycles. The summed E-state index contributed by atoms with van der Waals surface area (Å²) >= 11 is 4.46. The SMILES string of the molecule is Cc1cc(OCC2(CS)CCC2)ccc1C(C)C. The third-order valence-corrected chi connectivity index (χ3v) is 4.83. The molecule has 100 valence electrons. The van der Waals surface area contributed by atoms with Gasteiger partial charge in [0.25, 0.3) is 0 Å². The summed E-state index contributed by atoms with van der Waals surface area (Å²) in [5, 5.41) is 0. The predicted octanol–water partition coefficient (Wildman–Crippen LogP) is 4.60. The van der Waals surface area contributed by atoms with E-state index < -0.39 is 0 Å². The zero-order valence-electron chi connectivity index (χ0n) is 11.7. The van der Waals surface area contributed by atoms with Gasteiger partial charge in [-0.3, -0.25) is 0 Å². The van der Waals surface area contributed by atoms with Crippen molar-refractivity contribution in [1.82, 2.24) is 0 Å². The molecule has 2 heteroatoms. The smallest absolute Gasteiger partial charge is 0.119 e. The molecule has 1 saturated carbocycles. The predicted molar refractivity (Wildman–Crippen MR) is 80.9 cm³/mol. The van der Waals surface area contributed by atoms with Crippen molar-refractivity contribution in [3.05, 3.63) is 29.3 Å². The van der Waals surface area contributed by atoms with Crippen LogP contribution in [0.5, 0.6) is 5.75 Å². The van der Waals surface area contributed by atoms with Crippen LogP contribution in [0, 0.1) is 12.3 Å². The van der Waals surface area contributed by atoms with Crippen LogP contribution in [0.25, 0.3) is 0 Å². The summed E-state index contributed by atoms with van der Waals surface area (Å²) in [6.45, 7) is 7.44. The molecule has 0 unspecified atom stereocenters. The first-order valence-electron chi connectivity index (χ1n) is 6.90. The topological polar surface area (TPSA) is 9.23 Å². The van der Waals surface area contributed by atoms with E-state index in [1.165, 1.54) is 30.4 Å². The largest absolute Gasteiger partial charge is 0.493 e. The van der Waals surface area contributed by atoms with Crippen molar-refractivity contribution in [1.29, 1.82) is 0 Å². The number of hydrogen-bond donors (Lipinski definition) is 1. The minimum Gasteiger partial charge on any atom is -0.493 e. The summed E-state index contributed by atoms with van der Waals surface area (Å²) in [5.41, 5.74) is 3.08. The van der Waals surface area contributed by atoms with Gasteiger partial charge in [-0.15, -0.1) is 0 Å². The highest BCUT2D eigenvalue weighted by Gasteiger charge is 2.36. The molecule has 1 aliphatic carbocycles. The fourth-order valence-electron chi connectivity index (χ4n) is 2.65. The third kappa shape index (κ3) is 2.85. The number of thiol groups is 1. The molecule has 1 nitrogen and oxygen atoms in total. The van der Waals surface area contributed by atoms with Gasteiger partial charge in [0.1, 0.15) is 5.75 Å². The normalized spacial score (nSPS) is 17.6. The van der Waals surface area contributed by atoms with E-state index in [1.54, 1.807) is 0 Å². The number of rotatable bonds is 5. The molecule has 0 bridgehead atoms. The molecule has 0 heterocycles. The highest BCUT2D eigenvalue weighted by atomic mass is 32.1. The zero-order chi connectivity index (χ0) is 13.2. The molecule has 18 heavy (non-hydrogen) atoms. The molecule has 2 rings (SSSR count). The molecular weight excluding hydrogens is 240 g/mol. The van der Waals surface area contributed by atoms with Gasteiger partial charge in [0.15, 0.2) is 0 Å². The second-order valence-electron chi connectivity index (χ2n) is 5.97. The average molecular weight is 264 g/mol. The van der Waals surface area contributed by atoms with Crippen molar-refractivity contribution in [3.8, 4) is 5.75 Å². The van der Waals surface area contributed by atoms with E-state index in [9.17, 15) is 0 Å². The lowest BCUT2D eigenvalue weighted by molar-refractivity contribution is 0.0829. The Labute approximate surface area is 116 Å². The third-order valence-electron chi connectivity index (χ3n) is 4.16. The Balaban J connectivity index is 2.00. The summed E-state index contributed by atoms with van der Waals surface area (Å²) in [5.74, 6) is 2.52. The first-order valence-corrected chi connectivity index (χ1v) is 7.54. The lowest BCUT2D eigenvalue weighted by atomic mass is 9.71. The second-order valence-corrected chi connectivity index (χ2v) is 6.29. The molecular formula is C16H24OS. The quantitative estimate of drug-likeness (QED) is 0.765. The maximum absolute atomic E-state index is 5.97. The van der Waals surface area contributed by atoms with Gasteiger partial charge in [-0.05, 0) is 54.7 Å². The zero-order valence-corrected chi connectivity index (χ0v) is 12.6. The summed E-state index contributed by atoms with van der Waals surface area (Å²) in [6.07, 6.45) is 3.86. The van der Waals surface area contributed by atoms with Crippen LogP contribution in [-0.2, 0) is 0 Å². The van der Waals surface area contributed by atoms with Crippen LogP contribution >= 0.6 is 12.6 Å². The molecule has 1 fully saturated rings. The van der Waals surface area contributed by atoms with Gasteiger partial charge >= 0.3 is 0 Å².